The van der Waals surface area contributed by atoms with Gasteiger partial charge in [0, 0.05) is 5.41 Å². The first kappa shape index (κ1) is 10.0. The summed E-state index contributed by atoms with van der Waals surface area (Å²) >= 11 is 0. The van der Waals surface area contributed by atoms with E-state index < -0.39 is 0 Å². The van der Waals surface area contributed by atoms with Crippen LogP contribution in [0.25, 0.3) is 0 Å². The maximum atomic E-state index is 7.83. The molecule has 0 bridgehead atoms. The van der Waals surface area contributed by atoms with Gasteiger partial charge in [-0.2, -0.15) is 0 Å². The van der Waals surface area contributed by atoms with Gasteiger partial charge in [0.1, 0.15) is 0 Å². The number of hydrogen-bond donors (Lipinski definition) is 2. The molecule has 2 rings (SSSR count). The van der Waals surface area contributed by atoms with E-state index in [4.69, 9.17) is 11.1 Å². The highest BCUT2D eigenvalue weighted by molar-refractivity contribution is 5.88. The van der Waals surface area contributed by atoms with Crippen LogP contribution in [0.15, 0.2) is 0 Å². The molecule has 0 aromatic rings. The second-order valence-electron chi connectivity index (χ2n) is 5.78. The Morgan fingerprint density at radius 2 is 1.71 bits per heavy atom. The average Bonchev–Trinajstić information content (AvgIpc) is 2.72. The molecule has 1 atom stereocenters. The fourth-order valence-corrected chi connectivity index (χ4v) is 3.62. The zero-order valence-electron chi connectivity index (χ0n) is 9.40. The Kier molecular flexibility index (Phi) is 2.13. The van der Waals surface area contributed by atoms with Crippen LogP contribution in [-0.4, -0.2) is 5.84 Å². The lowest BCUT2D eigenvalue weighted by atomic mass is 9.73. The predicted octanol–water partition coefficient (Wildman–Crippen LogP) is 2.92. The number of nitrogens with one attached hydrogen (secondary N) is 1. The first-order valence-electron chi connectivity index (χ1n) is 5.85. The van der Waals surface area contributed by atoms with Crippen LogP contribution in [0.2, 0.25) is 0 Å². The summed E-state index contributed by atoms with van der Waals surface area (Å²) in [7, 11) is 0. The van der Waals surface area contributed by atoms with Crippen LogP contribution in [-0.2, 0) is 0 Å². The van der Waals surface area contributed by atoms with E-state index >= 15 is 0 Å². The van der Waals surface area contributed by atoms with Crippen LogP contribution in [0.4, 0.5) is 0 Å². The lowest BCUT2D eigenvalue weighted by Gasteiger charge is -2.32. The highest BCUT2D eigenvalue weighted by Crippen LogP contribution is 2.69. The third kappa shape index (κ3) is 1.19. The first-order chi connectivity index (χ1) is 6.51. The quantitative estimate of drug-likeness (QED) is 0.515. The van der Waals surface area contributed by atoms with E-state index in [9.17, 15) is 0 Å². The minimum atomic E-state index is 0.0768. The van der Waals surface area contributed by atoms with Crippen LogP contribution in [0.5, 0.6) is 0 Å². The van der Waals surface area contributed by atoms with E-state index in [-0.39, 0.29) is 5.41 Å². The van der Waals surface area contributed by atoms with Gasteiger partial charge in [-0.15, -0.1) is 0 Å². The Hall–Kier alpha value is -0.530. The number of rotatable bonds is 2. The third-order valence-electron chi connectivity index (χ3n) is 4.59. The molecule has 2 fully saturated rings. The van der Waals surface area contributed by atoms with E-state index in [1.807, 2.05) is 0 Å². The summed E-state index contributed by atoms with van der Waals surface area (Å²) in [5, 5.41) is 7.83. The highest BCUT2D eigenvalue weighted by Gasteiger charge is 2.66. The molecule has 2 aliphatic rings. The zero-order valence-corrected chi connectivity index (χ0v) is 9.40. The lowest BCUT2D eigenvalue weighted by molar-refractivity contribution is 0.245. The SMILES string of the molecule is CC1(C)CC1(C(=N)N)C1CCCCC1. The molecule has 2 nitrogen and oxygen atoms in total. The van der Waals surface area contributed by atoms with Crippen LogP contribution in [0, 0.1) is 22.2 Å². The maximum absolute atomic E-state index is 7.83. The first-order valence-corrected chi connectivity index (χ1v) is 5.85. The molecule has 0 amide bonds. The predicted molar refractivity (Wildman–Crippen MR) is 59.3 cm³/mol. The summed E-state index contributed by atoms with van der Waals surface area (Å²) in [6, 6.07) is 0. The molecule has 2 saturated carbocycles. The van der Waals surface area contributed by atoms with Gasteiger partial charge < -0.3 is 5.73 Å². The van der Waals surface area contributed by atoms with Crippen molar-refractivity contribution in [3.05, 3.63) is 0 Å². The Bertz CT molecular complexity index is 251. The molecule has 2 aliphatic carbocycles. The van der Waals surface area contributed by atoms with Crippen LogP contribution >= 0.6 is 0 Å². The van der Waals surface area contributed by atoms with Crippen molar-refractivity contribution < 1.29 is 0 Å². The molecular formula is C12H22N2. The summed E-state index contributed by atoms with van der Waals surface area (Å²) in [5.74, 6) is 1.15. The largest absolute Gasteiger partial charge is 0.387 e. The lowest BCUT2D eigenvalue weighted by Crippen LogP contribution is -2.36. The minimum absolute atomic E-state index is 0.0768. The van der Waals surface area contributed by atoms with Gasteiger partial charge in [-0.1, -0.05) is 33.1 Å². The smallest absolute Gasteiger partial charge is 0.0977 e. The fraction of sp³-hybridized carbons (Fsp3) is 0.917. The van der Waals surface area contributed by atoms with Crippen LogP contribution < -0.4 is 5.73 Å². The summed E-state index contributed by atoms with van der Waals surface area (Å²) in [5.41, 5.74) is 6.19. The molecule has 0 heterocycles. The highest BCUT2D eigenvalue weighted by atomic mass is 14.9. The molecule has 0 radical (unpaired) electrons. The normalized spacial score (nSPS) is 36.7. The van der Waals surface area contributed by atoms with Gasteiger partial charge in [0.05, 0.1) is 5.84 Å². The summed E-state index contributed by atoms with van der Waals surface area (Å²) in [6.07, 6.45) is 7.79. The summed E-state index contributed by atoms with van der Waals surface area (Å²) in [6.45, 7) is 4.53. The second-order valence-corrected chi connectivity index (χ2v) is 5.78. The van der Waals surface area contributed by atoms with Crippen molar-refractivity contribution in [3.8, 4) is 0 Å². The van der Waals surface area contributed by atoms with Gasteiger partial charge in [0.2, 0.25) is 0 Å². The third-order valence-corrected chi connectivity index (χ3v) is 4.59. The molecule has 0 aromatic carbocycles. The molecule has 1 unspecified atom stereocenters. The van der Waals surface area contributed by atoms with Crippen LogP contribution in [0.3, 0.4) is 0 Å². The van der Waals surface area contributed by atoms with Crippen molar-refractivity contribution in [1.82, 2.24) is 0 Å². The standard InChI is InChI=1S/C12H22N2/c1-11(2)8-12(11,10(13)14)9-6-4-3-5-7-9/h9H,3-8H2,1-2H3,(H3,13,14). The summed E-state index contributed by atoms with van der Waals surface area (Å²) < 4.78 is 0. The van der Waals surface area contributed by atoms with Crippen LogP contribution in [0.1, 0.15) is 52.4 Å². The van der Waals surface area contributed by atoms with E-state index in [0.717, 1.165) is 6.42 Å². The Morgan fingerprint density at radius 3 is 2.07 bits per heavy atom. The van der Waals surface area contributed by atoms with Gasteiger partial charge >= 0.3 is 0 Å². The fourth-order valence-electron chi connectivity index (χ4n) is 3.62. The molecule has 14 heavy (non-hydrogen) atoms. The number of nitrogens with two attached hydrogens (primary N) is 1. The van der Waals surface area contributed by atoms with E-state index in [2.05, 4.69) is 13.8 Å². The Labute approximate surface area is 86.8 Å². The number of amidine groups is 1. The molecule has 0 aromatic heterocycles. The molecule has 0 saturated heterocycles. The van der Waals surface area contributed by atoms with Crippen molar-refractivity contribution in [2.75, 3.05) is 0 Å². The van der Waals surface area contributed by atoms with Crippen molar-refractivity contribution in [2.45, 2.75) is 52.4 Å². The molecule has 0 aliphatic heterocycles. The Balaban J connectivity index is 2.17. The topological polar surface area (TPSA) is 49.9 Å². The van der Waals surface area contributed by atoms with Gasteiger partial charge in [-0.05, 0) is 30.6 Å². The molecular weight excluding hydrogens is 172 g/mol. The van der Waals surface area contributed by atoms with Crippen molar-refractivity contribution >= 4 is 5.84 Å². The molecule has 80 valence electrons. The Morgan fingerprint density at radius 1 is 1.21 bits per heavy atom. The maximum Gasteiger partial charge on any atom is 0.0977 e. The van der Waals surface area contributed by atoms with Gasteiger partial charge in [-0.25, -0.2) is 0 Å². The van der Waals surface area contributed by atoms with E-state index in [1.165, 1.54) is 32.1 Å². The van der Waals surface area contributed by atoms with E-state index in [1.54, 1.807) is 0 Å². The van der Waals surface area contributed by atoms with Crippen molar-refractivity contribution in [1.29, 1.82) is 5.41 Å². The monoisotopic (exact) mass is 194 g/mol. The van der Waals surface area contributed by atoms with Gasteiger partial charge in [0.15, 0.2) is 0 Å². The number of hydrogen-bond acceptors (Lipinski definition) is 1. The molecule has 3 N–H and O–H groups in total. The van der Waals surface area contributed by atoms with E-state index in [0.29, 0.717) is 17.2 Å². The second kappa shape index (κ2) is 2.98. The van der Waals surface area contributed by atoms with Crippen molar-refractivity contribution in [3.63, 3.8) is 0 Å². The molecule has 0 spiro atoms. The average molecular weight is 194 g/mol. The van der Waals surface area contributed by atoms with Gasteiger partial charge in [0.25, 0.3) is 0 Å². The molecule has 2 heteroatoms. The van der Waals surface area contributed by atoms with Crippen molar-refractivity contribution in [2.24, 2.45) is 22.5 Å². The zero-order chi connectivity index (χ0) is 10.4. The van der Waals surface area contributed by atoms with Gasteiger partial charge in [-0.3, -0.25) is 5.41 Å². The minimum Gasteiger partial charge on any atom is -0.387 e. The summed E-state index contributed by atoms with van der Waals surface area (Å²) in [4.78, 5) is 0.